The van der Waals surface area contributed by atoms with Crippen molar-refractivity contribution in [3.05, 3.63) is 117 Å². The van der Waals surface area contributed by atoms with Crippen molar-refractivity contribution in [3.8, 4) is 11.8 Å². The van der Waals surface area contributed by atoms with Gasteiger partial charge in [-0.15, -0.1) is 0 Å². The Bertz CT molecular complexity index is 2820. The second-order valence-corrected chi connectivity index (χ2v) is 16.0. The molecule has 0 spiro atoms. The molecule has 16 heteroatoms. The molecule has 1 unspecified atom stereocenters. The number of aromatic nitrogens is 4. The van der Waals surface area contributed by atoms with Crippen molar-refractivity contribution in [3.63, 3.8) is 0 Å². The lowest BCUT2D eigenvalue weighted by Crippen LogP contribution is -2.46. The Morgan fingerprint density at radius 2 is 1.71 bits per heavy atom. The number of ether oxygens (including phenoxy) is 1. The van der Waals surface area contributed by atoms with Crippen LogP contribution in [0.15, 0.2) is 77.6 Å². The Balaban J connectivity index is 0.884. The molecule has 14 nitrogen and oxygen atoms in total. The van der Waals surface area contributed by atoms with E-state index in [0.29, 0.717) is 76.3 Å². The van der Waals surface area contributed by atoms with Crippen molar-refractivity contribution in [1.82, 2.24) is 29.5 Å². The Kier molecular flexibility index (Phi) is 11.3. The average molecular weight is 842 g/mol. The number of fused-ring (bicyclic) bond motifs is 2. The summed E-state index contributed by atoms with van der Waals surface area (Å²) in [4.78, 5) is 56.3. The lowest BCUT2D eigenvalue weighted by molar-refractivity contribution is -0.135. The molecule has 3 amide bonds. The number of halogens is 2. The number of hydrogen-bond acceptors (Lipinski definition) is 9. The number of benzene rings is 4. The van der Waals surface area contributed by atoms with Gasteiger partial charge in [-0.05, 0) is 91.4 Å². The minimum atomic E-state index is -0.765. The molecule has 0 bridgehead atoms. The van der Waals surface area contributed by atoms with Crippen LogP contribution in [0, 0.1) is 23.5 Å². The molecular weight excluding hydrogens is 797 g/mol. The van der Waals surface area contributed by atoms with Crippen LogP contribution < -0.4 is 26.5 Å². The van der Waals surface area contributed by atoms with Gasteiger partial charge in [0.2, 0.25) is 11.8 Å². The third kappa shape index (κ3) is 8.41. The van der Waals surface area contributed by atoms with Gasteiger partial charge in [0.25, 0.3) is 5.91 Å². The third-order valence-electron chi connectivity index (χ3n) is 11.9. The summed E-state index contributed by atoms with van der Waals surface area (Å²) in [6.07, 6.45) is 2.35. The number of imidazole rings is 1. The minimum absolute atomic E-state index is 0.131. The van der Waals surface area contributed by atoms with Crippen LogP contribution >= 0.6 is 0 Å². The van der Waals surface area contributed by atoms with E-state index in [-0.39, 0.29) is 36.4 Å². The fraction of sp³-hybridized carbons (Fsp3) is 0.326. The van der Waals surface area contributed by atoms with Crippen LogP contribution in [0.4, 0.5) is 26.0 Å². The molecule has 1 atom stereocenters. The predicted molar refractivity (Wildman–Crippen MR) is 231 cm³/mol. The van der Waals surface area contributed by atoms with Crippen LogP contribution in [0.25, 0.3) is 21.9 Å². The van der Waals surface area contributed by atoms with Crippen LogP contribution in [0.5, 0.6) is 0 Å². The largest absolute Gasteiger partial charge is 0.381 e. The number of H-pyrrole nitrogens is 1. The summed E-state index contributed by atoms with van der Waals surface area (Å²) in [5, 5.41) is 17.0. The Labute approximate surface area is 355 Å². The summed E-state index contributed by atoms with van der Waals surface area (Å²) in [6, 6.07) is 19.7. The summed E-state index contributed by atoms with van der Waals surface area (Å²) < 4.78 is 36.3. The first-order valence-corrected chi connectivity index (χ1v) is 20.8. The quantitative estimate of drug-likeness (QED) is 0.115. The van der Waals surface area contributed by atoms with Crippen molar-refractivity contribution in [2.45, 2.75) is 44.2 Å². The van der Waals surface area contributed by atoms with E-state index in [1.165, 1.54) is 21.3 Å². The Morgan fingerprint density at radius 3 is 2.48 bits per heavy atom. The van der Waals surface area contributed by atoms with Gasteiger partial charge in [-0.25, -0.2) is 13.6 Å². The molecule has 2 aromatic heterocycles. The molecule has 0 radical (unpaired) electrons. The van der Waals surface area contributed by atoms with E-state index in [0.717, 1.165) is 56.3 Å². The molecule has 0 saturated carbocycles. The molecule has 6 aromatic rings. The molecule has 3 aliphatic heterocycles. The number of para-hydroxylation sites is 1. The maximum atomic E-state index is 14.0. The van der Waals surface area contributed by atoms with E-state index in [9.17, 15) is 28.0 Å². The van der Waals surface area contributed by atoms with E-state index in [1.54, 1.807) is 13.1 Å². The number of piperidine rings is 1. The summed E-state index contributed by atoms with van der Waals surface area (Å²) in [5.41, 5.74) is 5.78. The van der Waals surface area contributed by atoms with Crippen molar-refractivity contribution < 1.29 is 27.9 Å². The predicted octanol–water partition coefficient (Wildman–Crippen LogP) is 5.08. The Hall–Kier alpha value is -6.83. The molecular formula is C46H45F2N9O5. The number of hydrogen-bond donors (Lipinski definition) is 4. The van der Waals surface area contributed by atoms with Crippen molar-refractivity contribution in [2.75, 3.05) is 61.5 Å². The molecule has 4 aromatic carbocycles. The number of carbonyl (C=O) groups excluding carboxylic acids is 3. The van der Waals surface area contributed by atoms with Gasteiger partial charge in [-0.3, -0.25) is 38.8 Å². The molecule has 5 heterocycles. The second kappa shape index (κ2) is 17.3. The van der Waals surface area contributed by atoms with Crippen molar-refractivity contribution in [1.29, 1.82) is 0 Å². The molecule has 318 valence electrons. The number of aryl methyl sites for hydroxylation is 1. The van der Waals surface area contributed by atoms with Crippen LogP contribution in [-0.2, 0) is 27.8 Å². The van der Waals surface area contributed by atoms with Gasteiger partial charge in [0, 0.05) is 81.7 Å². The first-order valence-electron chi connectivity index (χ1n) is 20.8. The number of anilines is 3. The standard InChI is InChI=1S/C46H45F2N9O5/c1-54-42-30(4-2-6-39(42)57(46(54)61)40-11-12-41(58)50-45(40)60)5-3-15-55-16-18-56(19-17-55)34-8-9-35(38(27-34)49-33-13-20-62-21-14-33)44(59)51-43-36-25-28(7-10-37(36)52-53-43)22-29-23-31(47)26-32(48)24-29/h2,4,6-10,23-27,33,40,49H,11-22H2,1H3,(H,50,58,60)(H2,51,52,53,59). The zero-order valence-corrected chi connectivity index (χ0v) is 34.1. The summed E-state index contributed by atoms with van der Waals surface area (Å²) in [5.74, 6) is 4.50. The maximum absolute atomic E-state index is 14.0. The molecule has 62 heavy (non-hydrogen) atoms. The number of aromatic amines is 1. The summed E-state index contributed by atoms with van der Waals surface area (Å²) in [7, 11) is 1.67. The number of piperazine rings is 1. The fourth-order valence-electron chi connectivity index (χ4n) is 8.68. The number of nitrogens with zero attached hydrogens (tertiary/aromatic N) is 5. The van der Waals surface area contributed by atoms with E-state index in [1.807, 2.05) is 48.5 Å². The molecule has 9 rings (SSSR count). The molecule has 0 aliphatic carbocycles. The minimum Gasteiger partial charge on any atom is -0.381 e. The highest BCUT2D eigenvalue weighted by Crippen LogP contribution is 2.30. The zero-order chi connectivity index (χ0) is 42.9. The van der Waals surface area contributed by atoms with Crippen LogP contribution in [0.3, 0.4) is 0 Å². The van der Waals surface area contributed by atoms with Crippen LogP contribution in [0.2, 0.25) is 0 Å². The van der Waals surface area contributed by atoms with Gasteiger partial charge >= 0.3 is 5.69 Å². The topological polar surface area (TPSA) is 159 Å². The number of nitrogens with one attached hydrogen (secondary N) is 4. The smallest absolute Gasteiger partial charge is 0.329 e. The average Bonchev–Trinajstić information content (AvgIpc) is 3.77. The molecule has 3 fully saturated rings. The van der Waals surface area contributed by atoms with Crippen molar-refractivity contribution in [2.24, 2.45) is 7.05 Å². The van der Waals surface area contributed by atoms with Gasteiger partial charge < -0.3 is 20.3 Å². The van der Waals surface area contributed by atoms with E-state index < -0.39 is 23.6 Å². The number of rotatable bonds is 9. The lowest BCUT2D eigenvalue weighted by atomic mass is 10.0. The highest BCUT2D eigenvalue weighted by atomic mass is 19.1. The number of amides is 3. The van der Waals surface area contributed by atoms with Gasteiger partial charge in [-0.1, -0.05) is 24.0 Å². The van der Waals surface area contributed by atoms with Gasteiger partial charge in [0.15, 0.2) is 5.82 Å². The fourth-order valence-corrected chi connectivity index (χ4v) is 8.68. The van der Waals surface area contributed by atoms with Gasteiger partial charge in [-0.2, -0.15) is 5.10 Å². The normalized spacial score (nSPS) is 17.5. The van der Waals surface area contributed by atoms with Crippen molar-refractivity contribution >= 4 is 56.9 Å². The highest BCUT2D eigenvalue weighted by Gasteiger charge is 2.32. The monoisotopic (exact) mass is 841 g/mol. The van der Waals surface area contributed by atoms with E-state index in [4.69, 9.17) is 4.74 Å². The SMILES string of the molecule is Cn1c(=O)n(C2CCC(=O)NC2=O)c2cccc(C#CCN3CCN(c4ccc(C(=O)Nc5n[nH]c6ccc(Cc7cc(F)cc(F)c7)cc56)c(NC5CCOCC5)c4)CC3)c21. The van der Waals surface area contributed by atoms with Crippen LogP contribution in [0.1, 0.15) is 58.8 Å². The Morgan fingerprint density at radius 1 is 0.919 bits per heavy atom. The van der Waals surface area contributed by atoms with Gasteiger partial charge in [0.05, 0.1) is 34.2 Å². The maximum Gasteiger partial charge on any atom is 0.329 e. The number of imide groups is 1. The van der Waals surface area contributed by atoms with E-state index >= 15 is 0 Å². The zero-order valence-electron chi connectivity index (χ0n) is 34.1. The summed E-state index contributed by atoms with van der Waals surface area (Å²) >= 11 is 0. The third-order valence-corrected chi connectivity index (χ3v) is 11.9. The molecule has 3 saturated heterocycles. The van der Waals surface area contributed by atoms with E-state index in [2.05, 4.69) is 47.8 Å². The second-order valence-electron chi connectivity index (χ2n) is 16.0. The van der Waals surface area contributed by atoms with Gasteiger partial charge in [0.1, 0.15) is 17.7 Å². The highest BCUT2D eigenvalue weighted by molar-refractivity contribution is 6.11. The number of carbonyl (C=O) groups is 3. The van der Waals surface area contributed by atoms with Crippen LogP contribution in [-0.4, -0.2) is 93.9 Å². The lowest BCUT2D eigenvalue weighted by Gasteiger charge is -2.35. The first kappa shape index (κ1) is 40.6. The summed E-state index contributed by atoms with van der Waals surface area (Å²) in [6.45, 7) is 4.80. The molecule has 3 aliphatic rings. The first-order chi connectivity index (χ1) is 30.1. The molecule has 4 N–H and O–H groups in total.